The molecule has 250 valence electrons. The maximum atomic E-state index is 7.34. The van der Waals surface area contributed by atoms with Crippen LogP contribution in [0.15, 0.2) is 60.7 Å². The van der Waals surface area contributed by atoms with Gasteiger partial charge in [0.05, 0.1) is 0 Å². The fourth-order valence-electron chi connectivity index (χ4n) is 5.51. The summed E-state index contributed by atoms with van der Waals surface area (Å²) < 4.78 is 39.4. The Bertz CT molecular complexity index is 929. The number of nitrogens with two attached hydrogens (primary N) is 1. The van der Waals surface area contributed by atoms with Gasteiger partial charge in [0.2, 0.25) is 0 Å². The number of nitrogens with one attached hydrogen (secondary N) is 1. The zero-order valence-corrected chi connectivity index (χ0v) is 31.1. The van der Waals surface area contributed by atoms with Crippen LogP contribution in [0.5, 0.6) is 0 Å². The molecule has 0 spiro atoms. The number of benzene rings is 2. The minimum absolute atomic E-state index is 0.597. The Balaban J connectivity index is 2.35. The van der Waals surface area contributed by atoms with Crippen molar-refractivity contribution < 1.29 is 25.9 Å². The van der Waals surface area contributed by atoms with Gasteiger partial charge in [-0.1, -0.05) is 125 Å². The second-order valence-electron chi connectivity index (χ2n) is 11.3. The van der Waals surface area contributed by atoms with Crippen molar-refractivity contribution in [2.45, 2.75) is 89.6 Å². The van der Waals surface area contributed by atoms with Crippen molar-refractivity contribution in [3.05, 3.63) is 60.7 Å². The quantitative estimate of drug-likeness (QED) is 0.0943. The van der Waals surface area contributed by atoms with E-state index >= 15 is 0 Å². The smallest absolute Gasteiger partial charge is 0.387 e. The van der Waals surface area contributed by atoms with Crippen LogP contribution in [0.1, 0.15) is 77.6 Å². The van der Waals surface area contributed by atoms with Crippen LogP contribution in [0.3, 0.4) is 0 Å². The molecular weight excluding hydrogens is 605 g/mol. The fourth-order valence-corrected chi connectivity index (χ4v) is 17.6. The summed E-state index contributed by atoms with van der Waals surface area (Å²) >= 11 is 0. The van der Waals surface area contributed by atoms with E-state index in [0.717, 1.165) is 42.7 Å². The average molecular weight is 665 g/mol. The first kappa shape index (κ1) is 39.0. The van der Waals surface area contributed by atoms with E-state index in [1.807, 2.05) is 36.4 Å². The molecule has 0 amide bonds. The SMILES string of the molecule is CCCCCCCCCCCC[Si](OC)(OC)O[Si](O[Si](CCCNCCN)(OC)OC)(c1ccccc1)c1ccccc1. The lowest BCUT2D eigenvalue weighted by Crippen LogP contribution is -2.73. The van der Waals surface area contributed by atoms with E-state index in [1.165, 1.54) is 51.4 Å². The molecule has 2 rings (SSSR count). The molecule has 0 saturated heterocycles. The monoisotopic (exact) mass is 664 g/mol. The lowest BCUT2D eigenvalue weighted by atomic mass is 10.1. The summed E-state index contributed by atoms with van der Waals surface area (Å²) in [6.45, 7) is 4.42. The van der Waals surface area contributed by atoms with Crippen molar-refractivity contribution in [2.24, 2.45) is 5.73 Å². The van der Waals surface area contributed by atoms with Gasteiger partial charge in [-0.15, -0.1) is 0 Å². The lowest BCUT2D eigenvalue weighted by Gasteiger charge is -2.43. The predicted molar refractivity (Wildman–Crippen MR) is 188 cm³/mol. The van der Waals surface area contributed by atoms with Crippen LogP contribution >= 0.6 is 0 Å². The highest BCUT2D eigenvalue weighted by Gasteiger charge is 2.58. The highest BCUT2D eigenvalue weighted by molar-refractivity contribution is 7.00. The maximum absolute atomic E-state index is 7.34. The third kappa shape index (κ3) is 12.5. The normalized spacial score (nSPS) is 12.6. The molecule has 44 heavy (non-hydrogen) atoms. The first-order valence-corrected chi connectivity index (χ1v) is 22.3. The Labute approximate surface area is 271 Å². The van der Waals surface area contributed by atoms with Gasteiger partial charge in [-0.2, -0.15) is 0 Å². The first-order chi connectivity index (χ1) is 21.5. The van der Waals surface area contributed by atoms with Gasteiger partial charge < -0.3 is 37.0 Å². The van der Waals surface area contributed by atoms with E-state index in [0.29, 0.717) is 18.6 Å². The number of hydrogen-bond acceptors (Lipinski definition) is 8. The molecule has 2 aromatic carbocycles. The van der Waals surface area contributed by atoms with E-state index < -0.39 is 26.2 Å². The summed E-state index contributed by atoms with van der Waals surface area (Å²) in [5, 5.41) is 5.30. The summed E-state index contributed by atoms with van der Waals surface area (Å²) in [4.78, 5) is 0. The molecule has 0 heterocycles. The van der Waals surface area contributed by atoms with Crippen LogP contribution in [0, 0.1) is 0 Å². The van der Waals surface area contributed by atoms with E-state index in [-0.39, 0.29) is 0 Å². The molecule has 3 N–H and O–H groups in total. The third-order valence-corrected chi connectivity index (χ3v) is 19.5. The number of unbranched alkanes of at least 4 members (excludes halogenated alkanes) is 9. The second kappa shape index (κ2) is 22.3. The molecule has 0 bridgehead atoms. The molecule has 0 radical (unpaired) electrons. The van der Waals surface area contributed by atoms with Crippen molar-refractivity contribution in [1.29, 1.82) is 0 Å². The van der Waals surface area contributed by atoms with Crippen molar-refractivity contribution in [2.75, 3.05) is 48.1 Å². The van der Waals surface area contributed by atoms with Crippen molar-refractivity contribution in [3.63, 3.8) is 0 Å². The summed E-state index contributed by atoms with van der Waals surface area (Å²) in [7, 11) is -3.12. The van der Waals surface area contributed by atoms with Crippen LogP contribution in [0.25, 0.3) is 0 Å². The van der Waals surface area contributed by atoms with Crippen LogP contribution in [0.2, 0.25) is 12.1 Å². The first-order valence-electron chi connectivity index (χ1n) is 16.6. The molecule has 0 atom stereocenters. The van der Waals surface area contributed by atoms with Gasteiger partial charge in [0.15, 0.2) is 0 Å². The molecule has 0 aliphatic heterocycles. The van der Waals surface area contributed by atoms with Crippen LogP contribution in [0.4, 0.5) is 0 Å². The second-order valence-corrected chi connectivity index (χ2v) is 20.7. The fraction of sp³-hybridized carbons (Fsp3) is 0.636. The number of rotatable bonds is 27. The van der Waals surface area contributed by atoms with Gasteiger partial charge >= 0.3 is 26.2 Å². The molecule has 0 aliphatic rings. The molecule has 0 saturated carbocycles. The van der Waals surface area contributed by atoms with Gasteiger partial charge in [-0.05, 0) is 29.8 Å². The van der Waals surface area contributed by atoms with Gasteiger partial charge in [0.25, 0.3) is 0 Å². The number of hydrogen-bond donors (Lipinski definition) is 2. The van der Waals surface area contributed by atoms with Gasteiger partial charge in [-0.25, -0.2) is 0 Å². The maximum Gasteiger partial charge on any atom is 0.491 e. The van der Waals surface area contributed by atoms with Crippen molar-refractivity contribution in [1.82, 2.24) is 5.32 Å². The summed E-state index contributed by atoms with van der Waals surface area (Å²) in [6, 6.07) is 21.8. The predicted octanol–water partition coefficient (Wildman–Crippen LogP) is 5.60. The van der Waals surface area contributed by atoms with Crippen LogP contribution in [-0.4, -0.2) is 74.2 Å². The standard InChI is InChI=1S/C33H60N2O6Si3/c1-6-7-8-9-10-11-12-13-14-21-30-42(36-2,37-3)40-44(32-23-17-15-18-24-32,33-25-19-16-20-26-33)41-43(38-4,39-5)31-22-28-35-29-27-34/h15-20,23-26,35H,6-14,21-22,27-31,34H2,1-5H3. The molecule has 2 aromatic rings. The Hall–Kier alpha value is -1.23. The van der Waals surface area contributed by atoms with Gasteiger partial charge in [0.1, 0.15) is 0 Å². The van der Waals surface area contributed by atoms with E-state index in [4.69, 9.17) is 31.7 Å². The average Bonchev–Trinajstić information content (AvgIpc) is 3.08. The van der Waals surface area contributed by atoms with E-state index in [9.17, 15) is 0 Å². The Morgan fingerprint density at radius 3 is 1.36 bits per heavy atom. The minimum atomic E-state index is -3.49. The summed E-state index contributed by atoms with van der Waals surface area (Å²) in [5.74, 6) is 0. The van der Waals surface area contributed by atoms with Gasteiger partial charge in [0, 0.05) is 53.6 Å². The molecule has 0 aliphatic carbocycles. The third-order valence-electron chi connectivity index (χ3n) is 8.14. The lowest BCUT2D eigenvalue weighted by molar-refractivity contribution is 0.120. The van der Waals surface area contributed by atoms with E-state index in [2.05, 4.69) is 36.5 Å². The van der Waals surface area contributed by atoms with Crippen LogP contribution < -0.4 is 21.4 Å². The van der Waals surface area contributed by atoms with Crippen molar-refractivity contribution in [3.8, 4) is 0 Å². The highest BCUT2D eigenvalue weighted by Crippen LogP contribution is 2.29. The largest absolute Gasteiger partial charge is 0.491 e. The zero-order valence-electron chi connectivity index (χ0n) is 28.1. The molecule has 0 fully saturated rings. The zero-order chi connectivity index (χ0) is 32.0. The topological polar surface area (TPSA) is 93.4 Å². The van der Waals surface area contributed by atoms with Crippen LogP contribution in [-0.2, 0) is 25.9 Å². The molecule has 8 nitrogen and oxygen atoms in total. The summed E-state index contributed by atoms with van der Waals surface area (Å²) in [6.07, 6.45) is 13.4. The molecular formula is C33H60N2O6Si3. The Morgan fingerprint density at radius 2 is 0.955 bits per heavy atom. The van der Waals surface area contributed by atoms with Crippen molar-refractivity contribution >= 4 is 36.5 Å². The molecule has 0 unspecified atom stereocenters. The van der Waals surface area contributed by atoms with Gasteiger partial charge in [-0.3, -0.25) is 0 Å². The van der Waals surface area contributed by atoms with E-state index in [1.54, 1.807) is 28.4 Å². The Kier molecular flexibility index (Phi) is 19.8. The summed E-state index contributed by atoms with van der Waals surface area (Å²) in [5.41, 5.74) is 5.67. The Morgan fingerprint density at radius 1 is 0.545 bits per heavy atom. The molecule has 0 aromatic heterocycles. The highest BCUT2D eigenvalue weighted by atomic mass is 28.5. The minimum Gasteiger partial charge on any atom is -0.387 e. The molecule has 11 heteroatoms.